The number of aliphatic hydroxyl groups is 1. The number of piperidine rings is 1. The van der Waals surface area contributed by atoms with Crippen molar-refractivity contribution in [3.63, 3.8) is 0 Å². The van der Waals surface area contributed by atoms with Gasteiger partial charge in [0.25, 0.3) is 0 Å². The zero-order valence-corrected chi connectivity index (χ0v) is 11.4. The molecule has 2 N–H and O–H groups in total. The third-order valence-corrected chi connectivity index (χ3v) is 5.15. The van der Waals surface area contributed by atoms with Crippen molar-refractivity contribution in [2.75, 3.05) is 13.2 Å². The fourth-order valence-electron chi connectivity index (χ4n) is 4.17. The maximum absolute atomic E-state index is 12.8. The molecule has 1 amide bonds. The Labute approximate surface area is 118 Å². The number of aliphatic hydroxyl groups excluding tert-OH is 1. The zero-order valence-electron chi connectivity index (χ0n) is 11.4. The van der Waals surface area contributed by atoms with E-state index >= 15 is 0 Å². The van der Waals surface area contributed by atoms with Gasteiger partial charge in [-0.2, -0.15) is 0 Å². The second kappa shape index (κ2) is 5.20. The molecule has 3 rings (SSSR count). The van der Waals surface area contributed by atoms with E-state index in [1.165, 1.54) is 0 Å². The third kappa shape index (κ3) is 2.04. The van der Waals surface area contributed by atoms with Crippen LogP contribution in [0.4, 0.5) is 0 Å². The minimum Gasteiger partial charge on any atom is -0.481 e. The lowest BCUT2D eigenvalue weighted by atomic mass is 9.81. The van der Waals surface area contributed by atoms with E-state index < -0.39 is 17.8 Å². The summed E-state index contributed by atoms with van der Waals surface area (Å²) in [6.45, 7) is 0.619. The molecule has 1 heterocycles. The number of nitrogens with zero attached hydrogens (tertiary/aromatic N) is 1. The molecule has 2 aliphatic carbocycles. The van der Waals surface area contributed by atoms with Crippen LogP contribution in [0.5, 0.6) is 0 Å². The van der Waals surface area contributed by atoms with Crippen LogP contribution in [0, 0.1) is 23.7 Å². The molecule has 0 spiro atoms. The smallest absolute Gasteiger partial charge is 0.307 e. The second-order valence-electron chi connectivity index (χ2n) is 6.20. The molecule has 2 fully saturated rings. The van der Waals surface area contributed by atoms with Gasteiger partial charge >= 0.3 is 5.97 Å². The number of carbonyl (C=O) groups is 2. The highest BCUT2D eigenvalue weighted by Crippen LogP contribution is 2.49. The highest BCUT2D eigenvalue weighted by atomic mass is 16.4. The molecule has 5 nitrogen and oxygen atoms in total. The summed E-state index contributed by atoms with van der Waals surface area (Å²) in [7, 11) is 0. The normalized spacial score (nSPS) is 39.2. The summed E-state index contributed by atoms with van der Waals surface area (Å²) in [5, 5.41) is 18.9. The van der Waals surface area contributed by atoms with Crippen LogP contribution in [-0.2, 0) is 9.59 Å². The van der Waals surface area contributed by atoms with Crippen molar-refractivity contribution in [2.24, 2.45) is 23.7 Å². The molecule has 5 atom stereocenters. The van der Waals surface area contributed by atoms with Gasteiger partial charge in [-0.3, -0.25) is 9.59 Å². The lowest BCUT2D eigenvalue weighted by Crippen LogP contribution is -2.50. The summed E-state index contributed by atoms with van der Waals surface area (Å²) in [5.74, 6) is -1.88. The van der Waals surface area contributed by atoms with Gasteiger partial charge in [0.15, 0.2) is 0 Å². The van der Waals surface area contributed by atoms with Gasteiger partial charge in [-0.25, -0.2) is 0 Å². The quantitative estimate of drug-likeness (QED) is 0.752. The van der Waals surface area contributed by atoms with Gasteiger partial charge in [0.05, 0.1) is 24.5 Å². The van der Waals surface area contributed by atoms with Gasteiger partial charge in [-0.1, -0.05) is 12.2 Å². The van der Waals surface area contributed by atoms with E-state index in [4.69, 9.17) is 0 Å². The van der Waals surface area contributed by atoms with Gasteiger partial charge < -0.3 is 15.1 Å². The molecular formula is C15H21NO4. The average molecular weight is 279 g/mol. The SMILES string of the molecule is O=C(O)[C@@H]1C2C=CC(C2)[C@@H]1C(=O)N1CCCCC1CO. The van der Waals surface area contributed by atoms with Crippen molar-refractivity contribution in [2.45, 2.75) is 31.7 Å². The molecule has 0 aromatic rings. The Morgan fingerprint density at radius 1 is 1.15 bits per heavy atom. The predicted octanol–water partition coefficient (Wildman–Crippen LogP) is 0.883. The molecule has 1 saturated carbocycles. The Bertz CT molecular complexity index is 447. The number of hydrogen-bond acceptors (Lipinski definition) is 3. The summed E-state index contributed by atoms with van der Waals surface area (Å²) < 4.78 is 0. The minimum absolute atomic E-state index is 0.00353. The molecule has 0 radical (unpaired) electrons. The first-order chi connectivity index (χ1) is 9.63. The fraction of sp³-hybridized carbons (Fsp3) is 0.733. The van der Waals surface area contributed by atoms with Crippen molar-refractivity contribution in [3.8, 4) is 0 Å². The van der Waals surface area contributed by atoms with Crippen LogP contribution in [0.2, 0.25) is 0 Å². The van der Waals surface area contributed by atoms with Gasteiger partial charge in [0, 0.05) is 6.54 Å². The molecule has 2 bridgehead atoms. The predicted molar refractivity (Wildman–Crippen MR) is 71.8 cm³/mol. The molecule has 5 heteroatoms. The molecule has 1 aliphatic heterocycles. The van der Waals surface area contributed by atoms with Gasteiger partial charge in [-0.05, 0) is 37.5 Å². The standard InChI is InChI=1S/C15H21NO4/c17-8-11-3-1-2-6-16(11)14(18)12-9-4-5-10(7-9)13(12)15(19)20/h4-5,9-13,17H,1-3,6-8H2,(H,19,20)/t9?,10?,11?,12-,13+/m0/s1. The Balaban J connectivity index is 1.82. The van der Waals surface area contributed by atoms with Gasteiger partial charge in [0.2, 0.25) is 5.91 Å². The fourth-order valence-corrected chi connectivity index (χ4v) is 4.17. The first kappa shape index (κ1) is 13.6. The van der Waals surface area contributed by atoms with Gasteiger partial charge in [0.1, 0.15) is 0 Å². The van der Waals surface area contributed by atoms with E-state index in [1.807, 2.05) is 12.2 Å². The van der Waals surface area contributed by atoms with Crippen LogP contribution in [0.3, 0.4) is 0 Å². The number of carboxylic acids is 1. The van der Waals surface area contributed by atoms with Crippen LogP contribution in [0.1, 0.15) is 25.7 Å². The zero-order chi connectivity index (χ0) is 14.3. The maximum atomic E-state index is 12.8. The van der Waals surface area contributed by atoms with E-state index in [-0.39, 0.29) is 30.4 Å². The molecular weight excluding hydrogens is 258 g/mol. The summed E-state index contributed by atoms with van der Waals surface area (Å²) in [5.41, 5.74) is 0. The monoisotopic (exact) mass is 279 g/mol. The molecule has 0 aromatic heterocycles. The van der Waals surface area contributed by atoms with Crippen molar-refractivity contribution >= 4 is 11.9 Å². The lowest BCUT2D eigenvalue weighted by Gasteiger charge is -2.38. The van der Waals surface area contributed by atoms with E-state index in [9.17, 15) is 19.8 Å². The van der Waals surface area contributed by atoms with E-state index in [0.29, 0.717) is 6.54 Å². The minimum atomic E-state index is -0.863. The van der Waals surface area contributed by atoms with Crippen LogP contribution in [-0.4, -0.2) is 46.2 Å². The first-order valence-corrected chi connectivity index (χ1v) is 7.46. The average Bonchev–Trinajstić information content (AvgIpc) is 3.06. The highest BCUT2D eigenvalue weighted by Gasteiger charge is 2.53. The first-order valence-electron chi connectivity index (χ1n) is 7.46. The Hall–Kier alpha value is -1.36. The maximum Gasteiger partial charge on any atom is 0.307 e. The molecule has 0 aromatic carbocycles. The Kier molecular flexibility index (Phi) is 3.54. The number of amides is 1. The molecule has 3 aliphatic rings. The largest absolute Gasteiger partial charge is 0.481 e. The second-order valence-corrected chi connectivity index (χ2v) is 6.20. The van der Waals surface area contributed by atoms with E-state index in [2.05, 4.69) is 0 Å². The van der Waals surface area contributed by atoms with E-state index in [1.54, 1.807) is 4.90 Å². The highest BCUT2D eigenvalue weighted by molar-refractivity contribution is 5.87. The van der Waals surface area contributed by atoms with Crippen molar-refractivity contribution in [1.82, 2.24) is 4.90 Å². The summed E-state index contributed by atoms with van der Waals surface area (Å²) in [6, 6.07) is -0.131. The number of rotatable bonds is 3. The molecule has 3 unspecified atom stereocenters. The van der Waals surface area contributed by atoms with Crippen LogP contribution >= 0.6 is 0 Å². The Morgan fingerprint density at radius 3 is 2.50 bits per heavy atom. The summed E-state index contributed by atoms with van der Waals surface area (Å²) >= 11 is 0. The summed E-state index contributed by atoms with van der Waals surface area (Å²) in [4.78, 5) is 26.0. The molecule has 110 valence electrons. The van der Waals surface area contributed by atoms with Crippen LogP contribution in [0.15, 0.2) is 12.2 Å². The number of likely N-dealkylation sites (tertiary alicyclic amines) is 1. The number of carbonyl (C=O) groups excluding carboxylic acids is 1. The van der Waals surface area contributed by atoms with Crippen molar-refractivity contribution < 1.29 is 19.8 Å². The van der Waals surface area contributed by atoms with E-state index in [0.717, 1.165) is 25.7 Å². The molecule has 20 heavy (non-hydrogen) atoms. The van der Waals surface area contributed by atoms with Crippen LogP contribution in [0.25, 0.3) is 0 Å². The van der Waals surface area contributed by atoms with Crippen molar-refractivity contribution in [1.29, 1.82) is 0 Å². The lowest BCUT2D eigenvalue weighted by molar-refractivity contribution is -0.153. The molecule has 1 saturated heterocycles. The van der Waals surface area contributed by atoms with Gasteiger partial charge in [-0.15, -0.1) is 0 Å². The number of allylic oxidation sites excluding steroid dienone is 2. The van der Waals surface area contributed by atoms with Crippen LogP contribution < -0.4 is 0 Å². The Morgan fingerprint density at radius 2 is 1.85 bits per heavy atom. The number of fused-ring (bicyclic) bond motifs is 2. The number of aliphatic carboxylic acids is 1. The number of hydrogen-bond donors (Lipinski definition) is 2. The topological polar surface area (TPSA) is 77.8 Å². The number of carboxylic acid groups (broad SMARTS) is 1. The third-order valence-electron chi connectivity index (χ3n) is 5.15. The summed E-state index contributed by atoms with van der Waals surface area (Å²) in [6.07, 6.45) is 7.52. The van der Waals surface area contributed by atoms with Crippen molar-refractivity contribution in [3.05, 3.63) is 12.2 Å².